The van der Waals surface area contributed by atoms with Gasteiger partial charge in [0.05, 0.1) is 22.3 Å². The molecule has 4 aromatic carbocycles. The summed E-state index contributed by atoms with van der Waals surface area (Å²) in [4.78, 5) is 49.5. The summed E-state index contributed by atoms with van der Waals surface area (Å²) >= 11 is 0. The van der Waals surface area contributed by atoms with Gasteiger partial charge in [-0.05, 0) is 32.9 Å². The molecule has 4 rings (SSSR count). The Hall–Kier alpha value is -5.02. The molecule has 0 amide bonds. The third-order valence-electron chi connectivity index (χ3n) is 6.24. The van der Waals surface area contributed by atoms with Crippen molar-refractivity contribution in [3.63, 3.8) is 0 Å². The van der Waals surface area contributed by atoms with Gasteiger partial charge < -0.3 is 20.4 Å². The van der Waals surface area contributed by atoms with Gasteiger partial charge in [-0.25, -0.2) is 19.2 Å². The smallest absolute Gasteiger partial charge is 0.336 e. The molecule has 8 nitrogen and oxygen atoms in total. The fourth-order valence-corrected chi connectivity index (χ4v) is 10.0. The Kier molecular flexibility index (Phi) is 6.72. The zero-order valence-electron chi connectivity index (χ0n) is 19.2. The summed E-state index contributed by atoms with van der Waals surface area (Å²) in [6, 6.07) is 25.4. The molecule has 0 aliphatic rings. The lowest BCUT2D eigenvalue weighted by Gasteiger charge is -2.36. The van der Waals surface area contributed by atoms with Gasteiger partial charge in [-0.2, -0.15) is 0 Å². The summed E-state index contributed by atoms with van der Waals surface area (Å²) in [6.45, 7) is 0. The second-order valence-corrected chi connectivity index (χ2v) is 11.9. The molecule has 0 fully saturated rings. The van der Waals surface area contributed by atoms with E-state index in [1.54, 1.807) is 60.7 Å². The molecule has 4 N–H and O–H groups in total. The number of carbonyl (C=O) groups is 4. The fourth-order valence-electron chi connectivity index (χ4n) is 4.86. The largest absolute Gasteiger partial charge is 0.478 e. The highest BCUT2D eigenvalue weighted by atomic mass is 28.3. The molecule has 0 spiro atoms. The Morgan fingerprint density at radius 3 is 1.08 bits per heavy atom. The minimum Gasteiger partial charge on any atom is -0.478 e. The third kappa shape index (κ3) is 4.17. The molecule has 0 bridgehead atoms. The predicted octanol–water partition coefficient (Wildman–Crippen LogP) is 1.86. The van der Waals surface area contributed by atoms with Crippen molar-refractivity contribution >= 4 is 52.7 Å². The normalized spacial score (nSPS) is 11.0. The van der Waals surface area contributed by atoms with Crippen LogP contribution >= 0.6 is 0 Å². The van der Waals surface area contributed by atoms with Crippen molar-refractivity contribution in [2.24, 2.45) is 0 Å². The van der Waals surface area contributed by atoms with Crippen molar-refractivity contribution in [3.05, 3.63) is 119 Å². The van der Waals surface area contributed by atoms with Gasteiger partial charge in [-0.15, -0.1) is 0 Å². The van der Waals surface area contributed by atoms with Gasteiger partial charge in [0.25, 0.3) is 0 Å². The van der Waals surface area contributed by atoms with E-state index in [-0.39, 0.29) is 10.4 Å². The zero-order valence-corrected chi connectivity index (χ0v) is 20.2. The fraction of sp³-hybridized carbons (Fsp3) is 0. The van der Waals surface area contributed by atoms with Crippen molar-refractivity contribution in [1.82, 2.24) is 0 Å². The van der Waals surface area contributed by atoms with Crippen LogP contribution in [0, 0.1) is 0 Å². The molecule has 0 atom stereocenters. The van der Waals surface area contributed by atoms with E-state index in [0.29, 0.717) is 10.4 Å². The molecule has 0 saturated carbocycles. The highest BCUT2D eigenvalue weighted by Crippen LogP contribution is 2.19. The van der Waals surface area contributed by atoms with Gasteiger partial charge in [-0.1, -0.05) is 84.9 Å². The summed E-state index contributed by atoms with van der Waals surface area (Å²) in [5, 5.41) is 41.6. The van der Waals surface area contributed by atoms with Gasteiger partial charge in [0.1, 0.15) is 0 Å². The monoisotopic (exact) mass is 512 g/mol. The van der Waals surface area contributed by atoms with Crippen LogP contribution in [0.15, 0.2) is 97.1 Å². The maximum atomic E-state index is 12.6. The van der Waals surface area contributed by atoms with Crippen LogP contribution in [0.25, 0.3) is 0 Å². The molecule has 0 radical (unpaired) electrons. The Bertz CT molecular complexity index is 1410. The SMILES string of the molecule is O=C(O)c1cccc([Si](c2ccccc2)(c2ccccc2)c2cccc(C(=O)O)c2C(=O)O)c1C(=O)O. The molecule has 0 saturated heterocycles. The van der Waals surface area contributed by atoms with Crippen molar-refractivity contribution in [3.8, 4) is 0 Å². The summed E-state index contributed by atoms with van der Waals surface area (Å²) in [7, 11) is -3.96. The molecule has 0 unspecified atom stereocenters. The molecular weight excluding hydrogens is 492 g/mol. The molecule has 37 heavy (non-hydrogen) atoms. The summed E-state index contributed by atoms with van der Waals surface area (Å²) in [5.41, 5.74) is -1.88. The Balaban J connectivity index is 2.37. The second kappa shape index (κ2) is 9.92. The summed E-state index contributed by atoms with van der Waals surface area (Å²) < 4.78 is 0. The number of benzene rings is 4. The Morgan fingerprint density at radius 1 is 0.432 bits per heavy atom. The molecule has 0 aliphatic carbocycles. The van der Waals surface area contributed by atoms with E-state index >= 15 is 0 Å². The van der Waals surface area contributed by atoms with Crippen LogP contribution in [0.4, 0.5) is 0 Å². The standard InChI is InChI=1S/C28H20O8Si/c29-25(30)19-13-7-15-21(23(19)27(33)34)37(17-9-3-1-4-10-17,18-11-5-2-6-12-18)22-16-8-14-20(26(31)32)24(22)28(35)36/h1-16H,(H,29,30)(H,31,32)(H,33,34)(H,35,36). The van der Waals surface area contributed by atoms with E-state index in [4.69, 9.17) is 0 Å². The minimum atomic E-state index is -3.96. The van der Waals surface area contributed by atoms with E-state index < -0.39 is 54.2 Å². The van der Waals surface area contributed by atoms with Crippen LogP contribution in [0.2, 0.25) is 0 Å². The summed E-state index contributed by atoms with van der Waals surface area (Å²) in [6.07, 6.45) is 0. The molecule has 0 aliphatic heterocycles. The molecule has 0 aromatic heterocycles. The zero-order chi connectivity index (χ0) is 26.7. The quantitative estimate of drug-likeness (QED) is 0.206. The number of hydrogen-bond donors (Lipinski definition) is 4. The van der Waals surface area contributed by atoms with Gasteiger partial charge in [0, 0.05) is 0 Å². The molecule has 184 valence electrons. The first kappa shape index (κ1) is 25.1. The average molecular weight is 513 g/mol. The highest BCUT2D eigenvalue weighted by molar-refractivity contribution is 7.20. The predicted molar refractivity (Wildman–Crippen MR) is 138 cm³/mol. The number of carboxylic acid groups (broad SMARTS) is 4. The summed E-state index contributed by atoms with van der Waals surface area (Å²) in [5.74, 6) is -5.91. The van der Waals surface area contributed by atoms with Crippen LogP contribution in [-0.2, 0) is 0 Å². The first-order valence-corrected chi connectivity index (χ1v) is 13.0. The van der Waals surface area contributed by atoms with E-state index in [1.165, 1.54) is 36.4 Å². The Morgan fingerprint density at radius 2 is 0.784 bits per heavy atom. The van der Waals surface area contributed by atoms with Gasteiger partial charge in [-0.3, -0.25) is 0 Å². The first-order chi connectivity index (χ1) is 17.7. The highest BCUT2D eigenvalue weighted by Gasteiger charge is 2.47. The molecule has 0 heterocycles. The van der Waals surface area contributed by atoms with Crippen molar-refractivity contribution in [2.45, 2.75) is 0 Å². The van der Waals surface area contributed by atoms with Gasteiger partial charge in [0.2, 0.25) is 0 Å². The lowest BCUT2D eigenvalue weighted by Crippen LogP contribution is -2.76. The van der Waals surface area contributed by atoms with Gasteiger partial charge >= 0.3 is 23.9 Å². The van der Waals surface area contributed by atoms with E-state index in [9.17, 15) is 39.6 Å². The van der Waals surface area contributed by atoms with Crippen molar-refractivity contribution in [2.75, 3.05) is 0 Å². The molecule has 9 heteroatoms. The van der Waals surface area contributed by atoms with E-state index in [2.05, 4.69) is 0 Å². The topological polar surface area (TPSA) is 149 Å². The number of aromatic carboxylic acids is 4. The van der Waals surface area contributed by atoms with E-state index in [0.717, 1.165) is 0 Å². The number of rotatable bonds is 8. The number of hydrogen-bond acceptors (Lipinski definition) is 4. The number of carboxylic acids is 4. The van der Waals surface area contributed by atoms with Crippen LogP contribution in [0.3, 0.4) is 0 Å². The van der Waals surface area contributed by atoms with Crippen LogP contribution in [-0.4, -0.2) is 52.4 Å². The van der Waals surface area contributed by atoms with Crippen molar-refractivity contribution < 1.29 is 39.6 Å². The Labute approximate surface area is 211 Å². The maximum absolute atomic E-state index is 12.6. The average Bonchev–Trinajstić information content (AvgIpc) is 2.89. The van der Waals surface area contributed by atoms with Crippen LogP contribution < -0.4 is 20.7 Å². The van der Waals surface area contributed by atoms with Crippen LogP contribution in [0.5, 0.6) is 0 Å². The maximum Gasteiger partial charge on any atom is 0.336 e. The minimum absolute atomic E-state index is 0.113. The first-order valence-electron chi connectivity index (χ1n) is 11.0. The van der Waals surface area contributed by atoms with E-state index in [1.807, 2.05) is 0 Å². The molecule has 4 aromatic rings. The third-order valence-corrected chi connectivity index (χ3v) is 11.1. The lowest BCUT2D eigenvalue weighted by molar-refractivity contribution is 0.0652. The van der Waals surface area contributed by atoms with Gasteiger partial charge in [0.15, 0.2) is 8.07 Å². The van der Waals surface area contributed by atoms with Crippen molar-refractivity contribution in [1.29, 1.82) is 0 Å². The molecular formula is C28H20O8Si. The van der Waals surface area contributed by atoms with Crippen LogP contribution in [0.1, 0.15) is 41.4 Å². The second-order valence-electron chi connectivity index (χ2n) is 8.16. The lowest BCUT2D eigenvalue weighted by atomic mass is 10.1.